The van der Waals surface area contributed by atoms with Crippen molar-refractivity contribution in [3.63, 3.8) is 0 Å². The monoisotopic (exact) mass is 471 g/mol. The summed E-state index contributed by atoms with van der Waals surface area (Å²) in [7, 11) is 0. The summed E-state index contributed by atoms with van der Waals surface area (Å²) in [6.45, 7) is 8.89. The average molecular weight is 472 g/mol. The summed E-state index contributed by atoms with van der Waals surface area (Å²) < 4.78 is 7.48. The predicted molar refractivity (Wildman–Crippen MR) is 130 cm³/mol. The molecule has 168 valence electrons. The van der Waals surface area contributed by atoms with Crippen LogP contribution in [0.2, 0.25) is 10.0 Å². The van der Waals surface area contributed by atoms with Gasteiger partial charge in [0.25, 0.3) is 0 Å². The molecule has 5 nitrogen and oxygen atoms in total. The van der Waals surface area contributed by atoms with Gasteiger partial charge in [0.05, 0.1) is 17.8 Å². The Hall–Kier alpha value is -2.50. The molecule has 0 saturated carbocycles. The second kappa shape index (κ2) is 8.80. The van der Waals surface area contributed by atoms with Crippen LogP contribution in [0, 0.1) is 0 Å². The van der Waals surface area contributed by atoms with Crippen LogP contribution >= 0.6 is 23.2 Å². The summed E-state index contributed by atoms with van der Waals surface area (Å²) in [5.41, 5.74) is 3.87. The molecular formula is C25H27Cl2N3O2. The molecule has 4 rings (SSSR count). The van der Waals surface area contributed by atoms with Crippen molar-refractivity contribution in [3.8, 4) is 0 Å². The lowest BCUT2D eigenvalue weighted by molar-refractivity contribution is 0.0270. The highest BCUT2D eigenvalue weighted by molar-refractivity contribution is 6.35. The largest absolute Gasteiger partial charge is 0.444 e. The van der Waals surface area contributed by atoms with Crippen molar-refractivity contribution in [3.05, 3.63) is 69.8 Å². The molecule has 0 spiro atoms. The molecule has 1 amide bonds. The molecule has 1 aliphatic rings. The Kier molecular flexibility index (Phi) is 6.24. The zero-order chi connectivity index (χ0) is 23.0. The van der Waals surface area contributed by atoms with Gasteiger partial charge in [-0.1, -0.05) is 47.5 Å². The molecule has 1 unspecified atom stereocenters. The maximum absolute atomic E-state index is 12.3. The Morgan fingerprint density at radius 2 is 1.94 bits per heavy atom. The van der Waals surface area contributed by atoms with E-state index in [1.165, 1.54) is 5.57 Å². The fourth-order valence-electron chi connectivity index (χ4n) is 3.94. The van der Waals surface area contributed by atoms with Gasteiger partial charge in [-0.05, 0) is 69.0 Å². The lowest BCUT2D eigenvalue weighted by Crippen LogP contribution is -2.39. The summed E-state index contributed by atoms with van der Waals surface area (Å²) in [6, 6.07) is 11.9. The highest BCUT2D eigenvalue weighted by atomic mass is 35.5. The van der Waals surface area contributed by atoms with Crippen LogP contribution in [0.5, 0.6) is 0 Å². The number of aromatic nitrogens is 2. The summed E-state index contributed by atoms with van der Waals surface area (Å²) in [5, 5.41) is 6.93. The molecule has 0 N–H and O–H groups in total. The lowest BCUT2D eigenvalue weighted by Gasteiger charge is -2.29. The van der Waals surface area contributed by atoms with Crippen molar-refractivity contribution in [2.75, 3.05) is 13.1 Å². The second-order valence-corrected chi connectivity index (χ2v) is 9.95. The standard InChI is InChI=1S/C25H27Cl2N3O2/c1-16(21-8-7-20(26)14-22(21)27)30-23-13-18(5-6-19(23)15-28-30)17-9-11-29(12-10-17)24(31)32-25(2,3)4/h5-9,13-16H,10-12H2,1-4H3. The van der Waals surface area contributed by atoms with Gasteiger partial charge in [0.1, 0.15) is 5.60 Å². The van der Waals surface area contributed by atoms with E-state index in [0.29, 0.717) is 23.1 Å². The Labute approximate surface area is 198 Å². The van der Waals surface area contributed by atoms with E-state index in [2.05, 4.69) is 36.3 Å². The Morgan fingerprint density at radius 3 is 2.59 bits per heavy atom. The molecule has 0 bridgehead atoms. The molecule has 0 saturated heterocycles. The van der Waals surface area contributed by atoms with Gasteiger partial charge in [-0.2, -0.15) is 5.10 Å². The van der Waals surface area contributed by atoms with E-state index in [0.717, 1.165) is 28.5 Å². The highest BCUT2D eigenvalue weighted by Gasteiger charge is 2.24. The first-order valence-corrected chi connectivity index (χ1v) is 11.5. The minimum atomic E-state index is -0.492. The number of nitrogens with zero attached hydrogens (tertiary/aromatic N) is 3. The minimum absolute atomic E-state index is 0.0458. The zero-order valence-electron chi connectivity index (χ0n) is 18.7. The molecule has 0 radical (unpaired) electrons. The number of hydrogen-bond donors (Lipinski definition) is 0. The second-order valence-electron chi connectivity index (χ2n) is 9.11. The van der Waals surface area contributed by atoms with Crippen LogP contribution in [-0.2, 0) is 4.74 Å². The average Bonchev–Trinajstić information content (AvgIpc) is 3.15. The number of ether oxygens (including phenoxy) is 1. The topological polar surface area (TPSA) is 47.4 Å². The van der Waals surface area contributed by atoms with E-state index in [1.54, 1.807) is 11.0 Å². The molecule has 2 aromatic carbocycles. The smallest absolute Gasteiger partial charge is 0.410 e. The van der Waals surface area contributed by atoms with Crippen LogP contribution in [0.15, 0.2) is 48.7 Å². The van der Waals surface area contributed by atoms with Gasteiger partial charge in [0.15, 0.2) is 0 Å². The Bertz CT molecular complexity index is 1190. The first kappa shape index (κ1) is 22.7. The van der Waals surface area contributed by atoms with Crippen molar-refractivity contribution in [2.24, 2.45) is 0 Å². The van der Waals surface area contributed by atoms with E-state index >= 15 is 0 Å². The van der Waals surface area contributed by atoms with Crippen LogP contribution in [0.4, 0.5) is 4.79 Å². The van der Waals surface area contributed by atoms with Gasteiger partial charge in [0, 0.05) is 28.5 Å². The molecular weight excluding hydrogens is 445 g/mol. The van der Waals surface area contributed by atoms with Crippen molar-refractivity contribution in [1.82, 2.24) is 14.7 Å². The summed E-state index contributed by atoms with van der Waals surface area (Å²) in [4.78, 5) is 14.1. The molecule has 1 aliphatic heterocycles. The molecule has 3 aromatic rings. The number of carbonyl (C=O) groups excluding carboxylic acids is 1. The van der Waals surface area contributed by atoms with Gasteiger partial charge in [-0.3, -0.25) is 4.68 Å². The summed E-state index contributed by atoms with van der Waals surface area (Å²) >= 11 is 12.5. The first-order valence-electron chi connectivity index (χ1n) is 10.7. The highest BCUT2D eigenvalue weighted by Crippen LogP contribution is 2.32. The first-order chi connectivity index (χ1) is 15.1. The zero-order valence-corrected chi connectivity index (χ0v) is 20.2. The third-order valence-corrected chi connectivity index (χ3v) is 6.17. The molecule has 32 heavy (non-hydrogen) atoms. The van der Waals surface area contributed by atoms with Gasteiger partial charge < -0.3 is 9.64 Å². The van der Waals surface area contributed by atoms with Crippen LogP contribution in [0.1, 0.15) is 51.3 Å². The maximum Gasteiger partial charge on any atom is 0.410 e. The van der Waals surface area contributed by atoms with E-state index in [4.69, 9.17) is 27.9 Å². The minimum Gasteiger partial charge on any atom is -0.444 e. The number of amides is 1. The number of benzene rings is 2. The van der Waals surface area contributed by atoms with Crippen LogP contribution in [-0.4, -0.2) is 39.5 Å². The third-order valence-electron chi connectivity index (χ3n) is 5.61. The van der Waals surface area contributed by atoms with Crippen molar-refractivity contribution in [2.45, 2.75) is 45.8 Å². The predicted octanol–water partition coefficient (Wildman–Crippen LogP) is 6.98. The molecule has 2 heterocycles. The lowest BCUT2D eigenvalue weighted by atomic mass is 9.98. The SMILES string of the molecule is CC(c1ccc(Cl)cc1Cl)n1ncc2ccc(C3=CCN(C(=O)OC(C)(C)C)CC3)cc21. The van der Waals surface area contributed by atoms with Crippen LogP contribution in [0.3, 0.4) is 0 Å². The number of hydrogen-bond acceptors (Lipinski definition) is 3. The van der Waals surface area contributed by atoms with Gasteiger partial charge in [0.2, 0.25) is 0 Å². The summed E-state index contributed by atoms with van der Waals surface area (Å²) in [5.74, 6) is 0. The van der Waals surface area contributed by atoms with Gasteiger partial charge >= 0.3 is 6.09 Å². The number of fused-ring (bicyclic) bond motifs is 1. The van der Waals surface area contributed by atoms with E-state index in [-0.39, 0.29) is 12.1 Å². The maximum atomic E-state index is 12.3. The molecule has 1 atom stereocenters. The third kappa shape index (κ3) is 4.79. The molecule has 7 heteroatoms. The fraction of sp³-hybridized carbons (Fsp3) is 0.360. The van der Waals surface area contributed by atoms with Crippen LogP contribution < -0.4 is 0 Å². The van der Waals surface area contributed by atoms with Crippen LogP contribution in [0.25, 0.3) is 16.5 Å². The van der Waals surface area contributed by atoms with E-state index in [9.17, 15) is 4.79 Å². The van der Waals surface area contributed by atoms with Gasteiger partial charge in [-0.15, -0.1) is 0 Å². The quantitative estimate of drug-likeness (QED) is 0.413. The Balaban J connectivity index is 1.59. The molecule has 0 aliphatic carbocycles. The van der Waals surface area contributed by atoms with Crippen molar-refractivity contribution < 1.29 is 9.53 Å². The fourth-order valence-corrected chi connectivity index (χ4v) is 4.51. The number of halogens is 2. The van der Waals surface area contributed by atoms with Crippen molar-refractivity contribution >= 4 is 45.8 Å². The number of rotatable bonds is 3. The summed E-state index contributed by atoms with van der Waals surface area (Å²) in [6.07, 6.45) is 4.49. The number of carbonyl (C=O) groups is 1. The van der Waals surface area contributed by atoms with Crippen molar-refractivity contribution in [1.29, 1.82) is 0 Å². The van der Waals surface area contributed by atoms with Gasteiger partial charge in [-0.25, -0.2) is 4.79 Å². The normalized spacial score (nSPS) is 15.6. The van der Waals surface area contributed by atoms with E-state index < -0.39 is 5.60 Å². The Morgan fingerprint density at radius 1 is 1.16 bits per heavy atom. The molecule has 1 aromatic heterocycles. The molecule has 0 fully saturated rings. The van der Waals surface area contributed by atoms with E-state index in [1.807, 2.05) is 43.8 Å².